The Bertz CT molecular complexity index is 1020. The number of hydrogen-bond donors (Lipinski definition) is 2. The first kappa shape index (κ1) is 19.7. The molecule has 0 bridgehead atoms. The van der Waals surface area contributed by atoms with Gasteiger partial charge in [0.15, 0.2) is 0 Å². The second-order valence-corrected chi connectivity index (χ2v) is 6.71. The number of halogens is 2. The minimum Gasteiger partial charge on any atom is -0.319 e. The minimum absolute atomic E-state index is 0.0797. The van der Waals surface area contributed by atoms with Crippen LogP contribution in [0.25, 0.3) is 6.08 Å². The van der Waals surface area contributed by atoms with E-state index in [4.69, 9.17) is 23.2 Å². The van der Waals surface area contributed by atoms with Crippen molar-refractivity contribution in [1.82, 2.24) is 5.32 Å². The van der Waals surface area contributed by atoms with Crippen LogP contribution in [0, 0.1) is 0 Å². The van der Waals surface area contributed by atoms with Gasteiger partial charge in [0.05, 0.1) is 10.7 Å². The molecule has 0 aliphatic heterocycles. The monoisotopic (exact) mass is 410 g/mol. The lowest BCUT2D eigenvalue weighted by atomic mass is 10.1. The highest BCUT2D eigenvalue weighted by Gasteiger charge is 2.16. The summed E-state index contributed by atoms with van der Waals surface area (Å²) in [4.78, 5) is 25.4. The Kier molecular flexibility index (Phi) is 6.48. The number of nitrogens with one attached hydrogen (secondary N) is 2. The molecule has 0 unspecified atom stereocenters. The van der Waals surface area contributed by atoms with Gasteiger partial charge in [-0.25, -0.2) is 0 Å². The van der Waals surface area contributed by atoms with Crippen LogP contribution in [0.1, 0.15) is 15.9 Å². The third kappa shape index (κ3) is 5.22. The first-order valence-corrected chi connectivity index (χ1v) is 9.18. The molecule has 140 valence electrons. The molecule has 0 aliphatic carbocycles. The fourth-order valence-corrected chi connectivity index (χ4v) is 2.78. The van der Waals surface area contributed by atoms with E-state index in [0.29, 0.717) is 21.3 Å². The summed E-state index contributed by atoms with van der Waals surface area (Å²) in [7, 11) is 0. The van der Waals surface area contributed by atoms with Crippen molar-refractivity contribution in [2.45, 2.75) is 0 Å². The van der Waals surface area contributed by atoms with Gasteiger partial charge in [0.1, 0.15) is 5.70 Å². The molecule has 0 heterocycles. The largest absolute Gasteiger partial charge is 0.319 e. The van der Waals surface area contributed by atoms with Crippen molar-refractivity contribution in [3.63, 3.8) is 0 Å². The van der Waals surface area contributed by atoms with Crippen molar-refractivity contribution in [3.05, 3.63) is 106 Å². The molecule has 6 heteroatoms. The lowest BCUT2D eigenvalue weighted by Crippen LogP contribution is -2.30. The van der Waals surface area contributed by atoms with E-state index in [-0.39, 0.29) is 5.70 Å². The van der Waals surface area contributed by atoms with Gasteiger partial charge in [-0.15, -0.1) is 0 Å². The fourth-order valence-electron chi connectivity index (χ4n) is 2.44. The molecule has 0 atom stereocenters. The molecule has 0 aromatic heterocycles. The van der Waals surface area contributed by atoms with E-state index in [1.165, 1.54) is 0 Å². The third-order valence-electron chi connectivity index (χ3n) is 3.82. The Morgan fingerprint density at radius 2 is 1.46 bits per heavy atom. The molecule has 3 aromatic carbocycles. The number of carbonyl (C=O) groups is 2. The van der Waals surface area contributed by atoms with Gasteiger partial charge in [-0.2, -0.15) is 0 Å². The first-order valence-electron chi connectivity index (χ1n) is 8.42. The maximum absolute atomic E-state index is 12.9. The summed E-state index contributed by atoms with van der Waals surface area (Å²) in [6, 6.07) is 22.6. The lowest BCUT2D eigenvalue weighted by Gasteiger charge is -2.12. The van der Waals surface area contributed by atoms with Crippen LogP contribution >= 0.6 is 23.2 Å². The molecule has 28 heavy (non-hydrogen) atoms. The number of benzene rings is 3. The van der Waals surface area contributed by atoms with Crippen LogP contribution < -0.4 is 10.6 Å². The van der Waals surface area contributed by atoms with Crippen molar-refractivity contribution in [1.29, 1.82) is 0 Å². The average Bonchev–Trinajstić information content (AvgIpc) is 2.71. The summed E-state index contributed by atoms with van der Waals surface area (Å²) in [6.07, 6.45) is 1.59. The van der Waals surface area contributed by atoms with Gasteiger partial charge >= 0.3 is 0 Å². The zero-order valence-corrected chi connectivity index (χ0v) is 16.2. The van der Waals surface area contributed by atoms with Gasteiger partial charge in [0.2, 0.25) is 0 Å². The van der Waals surface area contributed by atoms with Crippen molar-refractivity contribution < 1.29 is 9.59 Å². The Balaban J connectivity index is 1.89. The fraction of sp³-hybridized carbons (Fsp3) is 0. The molecule has 0 aliphatic rings. The topological polar surface area (TPSA) is 58.2 Å². The normalized spacial score (nSPS) is 11.0. The van der Waals surface area contributed by atoms with E-state index >= 15 is 0 Å². The van der Waals surface area contributed by atoms with Gasteiger partial charge in [0.25, 0.3) is 11.8 Å². The standard InChI is InChI=1S/C22H16Cl2N2O2/c23-17-11-12-18(24)19(14-17)25-22(28)20(13-15-7-3-1-4-8-15)26-21(27)16-9-5-2-6-10-16/h1-14H,(H,25,28)(H,26,27)/b20-13-. The molecule has 2 N–H and O–H groups in total. The van der Waals surface area contributed by atoms with Gasteiger partial charge < -0.3 is 10.6 Å². The Morgan fingerprint density at radius 3 is 2.14 bits per heavy atom. The quantitative estimate of drug-likeness (QED) is 0.552. The van der Waals surface area contributed by atoms with E-state index in [0.717, 1.165) is 5.56 Å². The Hall–Kier alpha value is -3.08. The Morgan fingerprint density at radius 1 is 0.821 bits per heavy atom. The summed E-state index contributed by atoms with van der Waals surface area (Å²) < 4.78 is 0. The molecule has 4 nitrogen and oxygen atoms in total. The first-order chi connectivity index (χ1) is 13.5. The lowest BCUT2D eigenvalue weighted by molar-refractivity contribution is -0.113. The van der Waals surface area contributed by atoms with Crippen molar-refractivity contribution in [3.8, 4) is 0 Å². The predicted molar refractivity (Wildman–Crippen MR) is 113 cm³/mol. The zero-order chi connectivity index (χ0) is 19.9. The van der Waals surface area contributed by atoms with Gasteiger partial charge in [-0.05, 0) is 42.0 Å². The minimum atomic E-state index is -0.516. The molecular formula is C22H16Cl2N2O2. The highest BCUT2D eigenvalue weighted by atomic mass is 35.5. The number of anilines is 1. The van der Waals surface area contributed by atoms with Crippen molar-refractivity contribution in [2.24, 2.45) is 0 Å². The predicted octanol–water partition coefficient (Wildman–Crippen LogP) is 5.40. The average molecular weight is 411 g/mol. The maximum Gasteiger partial charge on any atom is 0.272 e. The van der Waals surface area contributed by atoms with Crippen LogP contribution in [0.3, 0.4) is 0 Å². The highest BCUT2D eigenvalue weighted by Crippen LogP contribution is 2.25. The smallest absolute Gasteiger partial charge is 0.272 e. The van der Waals surface area contributed by atoms with Crippen LogP contribution in [0.5, 0.6) is 0 Å². The summed E-state index contributed by atoms with van der Waals surface area (Å²) in [5.41, 5.74) is 1.64. The number of hydrogen-bond acceptors (Lipinski definition) is 2. The number of rotatable bonds is 5. The summed E-state index contributed by atoms with van der Waals surface area (Å²) in [5.74, 6) is -0.910. The molecule has 3 aromatic rings. The molecule has 2 amide bonds. The zero-order valence-electron chi connectivity index (χ0n) is 14.7. The van der Waals surface area contributed by atoms with Gasteiger partial charge in [0, 0.05) is 10.6 Å². The second kappa shape index (κ2) is 9.22. The maximum atomic E-state index is 12.9. The number of carbonyl (C=O) groups excluding carboxylic acids is 2. The summed E-state index contributed by atoms with van der Waals surface area (Å²) >= 11 is 12.1. The highest BCUT2D eigenvalue weighted by molar-refractivity contribution is 6.36. The summed E-state index contributed by atoms with van der Waals surface area (Å²) in [6.45, 7) is 0. The van der Waals surface area contributed by atoms with Crippen LogP contribution in [0.15, 0.2) is 84.6 Å². The second-order valence-electron chi connectivity index (χ2n) is 5.87. The Labute approximate surface area is 172 Å². The van der Waals surface area contributed by atoms with Crippen LogP contribution in [0.4, 0.5) is 5.69 Å². The molecule has 0 saturated heterocycles. The third-order valence-corrected chi connectivity index (χ3v) is 4.38. The van der Waals surface area contributed by atoms with Crippen molar-refractivity contribution in [2.75, 3.05) is 5.32 Å². The van der Waals surface area contributed by atoms with Crippen LogP contribution in [0.2, 0.25) is 10.0 Å². The van der Waals surface area contributed by atoms with E-state index < -0.39 is 11.8 Å². The summed E-state index contributed by atoms with van der Waals surface area (Å²) in [5, 5.41) is 6.13. The molecule has 0 fully saturated rings. The number of amides is 2. The molecular weight excluding hydrogens is 395 g/mol. The SMILES string of the molecule is O=C(Nc1cc(Cl)ccc1Cl)/C(=C/c1ccccc1)NC(=O)c1ccccc1. The van der Waals surface area contributed by atoms with Crippen LogP contribution in [-0.2, 0) is 4.79 Å². The molecule has 0 radical (unpaired) electrons. The van der Waals surface area contributed by atoms with Gasteiger partial charge in [-0.3, -0.25) is 9.59 Å². The van der Waals surface area contributed by atoms with Crippen LogP contribution in [-0.4, -0.2) is 11.8 Å². The van der Waals surface area contributed by atoms with E-state index in [9.17, 15) is 9.59 Å². The van der Waals surface area contributed by atoms with E-state index in [1.54, 1.807) is 48.5 Å². The molecule has 0 spiro atoms. The molecule has 3 rings (SSSR count). The van der Waals surface area contributed by atoms with Crippen molar-refractivity contribution >= 4 is 46.8 Å². The van der Waals surface area contributed by atoms with E-state index in [2.05, 4.69) is 10.6 Å². The molecule has 0 saturated carbocycles. The van der Waals surface area contributed by atoms with Gasteiger partial charge in [-0.1, -0.05) is 71.7 Å². The van der Waals surface area contributed by atoms with E-state index in [1.807, 2.05) is 36.4 Å².